The van der Waals surface area contributed by atoms with E-state index in [1.807, 2.05) is 22.9 Å². The highest BCUT2D eigenvalue weighted by molar-refractivity contribution is 5.46. The number of benzene rings is 2. The van der Waals surface area contributed by atoms with Crippen molar-refractivity contribution in [1.82, 2.24) is 9.55 Å². The highest BCUT2D eigenvalue weighted by Crippen LogP contribution is 2.44. The molecule has 2 aromatic carbocycles. The summed E-state index contributed by atoms with van der Waals surface area (Å²) in [5.41, 5.74) is 2.45. The summed E-state index contributed by atoms with van der Waals surface area (Å²) in [5, 5.41) is 0. The van der Waals surface area contributed by atoms with Gasteiger partial charge in [0.05, 0.1) is 11.9 Å². The molecule has 0 saturated carbocycles. The molecule has 5 heteroatoms. The summed E-state index contributed by atoms with van der Waals surface area (Å²) in [6, 6.07) is 14.0. The van der Waals surface area contributed by atoms with Crippen molar-refractivity contribution in [3.8, 4) is 0 Å². The molecule has 0 fully saturated rings. The first-order chi connectivity index (χ1) is 12.5. The van der Waals surface area contributed by atoms with Gasteiger partial charge in [-0.1, -0.05) is 36.4 Å². The van der Waals surface area contributed by atoms with Crippen molar-refractivity contribution in [1.29, 1.82) is 0 Å². The third-order valence-corrected chi connectivity index (χ3v) is 5.36. The third-order valence-electron chi connectivity index (χ3n) is 5.36. The number of halogens is 3. The van der Waals surface area contributed by atoms with Crippen LogP contribution in [0, 0.1) is 0 Å². The summed E-state index contributed by atoms with van der Waals surface area (Å²) in [6.45, 7) is 0.662. The Morgan fingerprint density at radius 3 is 2.50 bits per heavy atom. The Labute approximate surface area is 150 Å². The quantitative estimate of drug-likeness (QED) is 0.629. The van der Waals surface area contributed by atoms with Crippen LogP contribution in [0.15, 0.2) is 67.3 Å². The smallest absolute Gasteiger partial charge is 0.336 e. The van der Waals surface area contributed by atoms with Crippen LogP contribution in [0.1, 0.15) is 35.1 Å². The molecule has 2 nitrogen and oxygen atoms in total. The molecule has 0 amide bonds. The van der Waals surface area contributed by atoms with E-state index in [1.54, 1.807) is 24.7 Å². The summed E-state index contributed by atoms with van der Waals surface area (Å²) < 4.78 is 41.0. The molecule has 0 N–H and O–H groups in total. The largest absolute Gasteiger partial charge is 0.416 e. The Morgan fingerprint density at radius 2 is 1.81 bits per heavy atom. The van der Waals surface area contributed by atoms with Crippen LogP contribution in [0.25, 0.3) is 0 Å². The normalized spacial score (nSPS) is 20.0. The molecule has 1 unspecified atom stereocenters. The minimum atomic E-state index is -4.32. The van der Waals surface area contributed by atoms with Gasteiger partial charge in [0.1, 0.15) is 0 Å². The first kappa shape index (κ1) is 16.9. The van der Waals surface area contributed by atoms with Gasteiger partial charge in [-0.05, 0) is 48.1 Å². The van der Waals surface area contributed by atoms with Crippen LogP contribution < -0.4 is 0 Å². The van der Waals surface area contributed by atoms with Crippen LogP contribution >= 0.6 is 0 Å². The second-order valence-corrected chi connectivity index (χ2v) is 6.90. The summed E-state index contributed by atoms with van der Waals surface area (Å²) in [4.78, 5) is 4.13. The number of imidazole rings is 1. The first-order valence-corrected chi connectivity index (χ1v) is 8.71. The Balaban J connectivity index is 1.85. The number of fused-ring (bicyclic) bond motifs is 1. The molecular formula is C21H19F3N2. The van der Waals surface area contributed by atoms with Crippen molar-refractivity contribution in [2.24, 2.45) is 0 Å². The van der Waals surface area contributed by atoms with Gasteiger partial charge in [0.15, 0.2) is 0 Å². The van der Waals surface area contributed by atoms with Gasteiger partial charge in [-0.2, -0.15) is 13.2 Å². The molecule has 134 valence electrons. The standard InChI is InChI=1S/C21H19F3N2/c22-21(23,24)18-9-7-17(8-10-18)20(14-26-13-12-25-15-26)11-3-5-16-4-1-2-6-19(16)20/h1-2,4,6-10,12-13,15H,3,5,11,14H2. The van der Waals surface area contributed by atoms with E-state index in [0.717, 1.165) is 24.8 Å². The summed E-state index contributed by atoms with van der Waals surface area (Å²) >= 11 is 0. The molecule has 1 aliphatic rings. The summed E-state index contributed by atoms with van der Waals surface area (Å²) in [7, 11) is 0. The molecule has 26 heavy (non-hydrogen) atoms. The van der Waals surface area contributed by atoms with Gasteiger partial charge in [0.2, 0.25) is 0 Å². The van der Waals surface area contributed by atoms with E-state index in [4.69, 9.17) is 0 Å². The Kier molecular flexibility index (Phi) is 4.10. The average Bonchev–Trinajstić information content (AvgIpc) is 3.14. The fraction of sp³-hybridized carbons (Fsp3) is 0.286. The predicted octanol–water partition coefficient (Wildman–Crippen LogP) is 5.22. The van der Waals surface area contributed by atoms with Crippen LogP contribution in [-0.4, -0.2) is 9.55 Å². The minimum Gasteiger partial charge on any atom is -0.336 e. The topological polar surface area (TPSA) is 17.8 Å². The van der Waals surface area contributed by atoms with E-state index < -0.39 is 11.7 Å². The average molecular weight is 356 g/mol. The van der Waals surface area contributed by atoms with Crippen molar-refractivity contribution in [2.45, 2.75) is 37.4 Å². The van der Waals surface area contributed by atoms with Crippen LogP contribution in [0.2, 0.25) is 0 Å². The molecule has 0 aliphatic heterocycles. The number of hydrogen-bond donors (Lipinski definition) is 0. The zero-order chi connectivity index (χ0) is 18.2. The molecule has 1 atom stereocenters. The van der Waals surface area contributed by atoms with Crippen molar-refractivity contribution in [3.05, 3.63) is 89.5 Å². The van der Waals surface area contributed by atoms with Gasteiger partial charge in [-0.15, -0.1) is 0 Å². The van der Waals surface area contributed by atoms with E-state index in [9.17, 15) is 13.2 Å². The molecule has 1 aliphatic carbocycles. The molecule has 0 saturated heterocycles. The Bertz CT molecular complexity index is 882. The molecule has 0 radical (unpaired) electrons. The van der Waals surface area contributed by atoms with Gasteiger partial charge in [0.25, 0.3) is 0 Å². The SMILES string of the molecule is FC(F)(F)c1ccc(C2(Cn3ccnc3)CCCc3ccccc32)cc1. The van der Waals surface area contributed by atoms with E-state index in [0.29, 0.717) is 6.54 Å². The van der Waals surface area contributed by atoms with Crippen molar-refractivity contribution < 1.29 is 13.2 Å². The van der Waals surface area contributed by atoms with E-state index in [2.05, 4.69) is 17.1 Å². The van der Waals surface area contributed by atoms with Gasteiger partial charge in [0, 0.05) is 24.4 Å². The zero-order valence-corrected chi connectivity index (χ0v) is 14.2. The zero-order valence-electron chi connectivity index (χ0n) is 14.2. The molecule has 1 aromatic heterocycles. The van der Waals surface area contributed by atoms with Crippen molar-refractivity contribution in [2.75, 3.05) is 0 Å². The minimum absolute atomic E-state index is 0.348. The molecule has 4 rings (SSSR count). The fourth-order valence-electron chi connectivity index (χ4n) is 4.15. The number of aryl methyl sites for hydroxylation is 1. The van der Waals surface area contributed by atoms with Gasteiger partial charge < -0.3 is 4.57 Å². The number of rotatable bonds is 3. The second-order valence-electron chi connectivity index (χ2n) is 6.90. The third kappa shape index (κ3) is 2.91. The molecule has 1 heterocycles. The maximum absolute atomic E-state index is 13.0. The van der Waals surface area contributed by atoms with E-state index in [-0.39, 0.29) is 5.41 Å². The van der Waals surface area contributed by atoms with Gasteiger partial charge >= 0.3 is 6.18 Å². The molecular weight excluding hydrogens is 337 g/mol. The van der Waals surface area contributed by atoms with Crippen LogP contribution in [0.5, 0.6) is 0 Å². The molecule has 0 spiro atoms. The predicted molar refractivity (Wildman–Crippen MR) is 93.8 cm³/mol. The highest BCUT2D eigenvalue weighted by Gasteiger charge is 2.39. The second kappa shape index (κ2) is 6.31. The Hall–Kier alpha value is -2.56. The fourth-order valence-corrected chi connectivity index (χ4v) is 4.15. The summed E-state index contributed by atoms with van der Waals surface area (Å²) in [5.74, 6) is 0. The lowest BCUT2D eigenvalue weighted by molar-refractivity contribution is -0.137. The number of nitrogens with zero attached hydrogens (tertiary/aromatic N) is 2. The van der Waals surface area contributed by atoms with Crippen LogP contribution in [0.4, 0.5) is 13.2 Å². The lowest BCUT2D eigenvalue weighted by atomic mass is 9.65. The lowest BCUT2D eigenvalue weighted by Gasteiger charge is -2.40. The summed E-state index contributed by atoms with van der Waals surface area (Å²) in [6.07, 6.45) is 3.99. The van der Waals surface area contributed by atoms with Crippen LogP contribution in [0.3, 0.4) is 0 Å². The van der Waals surface area contributed by atoms with Crippen molar-refractivity contribution >= 4 is 0 Å². The maximum Gasteiger partial charge on any atom is 0.416 e. The maximum atomic E-state index is 13.0. The van der Waals surface area contributed by atoms with E-state index in [1.165, 1.54) is 23.3 Å². The van der Waals surface area contributed by atoms with Crippen LogP contribution in [-0.2, 0) is 24.6 Å². The highest BCUT2D eigenvalue weighted by atomic mass is 19.4. The monoisotopic (exact) mass is 356 g/mol. The van der Waals surface area contributed by atoms with Gasteiger partial charge in [-0.3, -0.25) is 0 Å². The van der Waals surface area contributed by atoms with Crippen molar-refractivity contribution in [3.63, 3.8) is 0 Å². The number of alkyl halides is 3. The first-order valence-electron chi connectivity index (χ1n) is 8.71. The Morgan fingerprint density at radius 1 is 1.04 bits per heavy atom. The number of aromatic nitrogens is 2. The van der Waals surface area contributed by atoms with Gasteiger partial charge in [-0.25, -0.2) is 4.98 Å². The molecule has 0 bridgehead atoms. The van der Waals surface area contributed by atoms with E-state index >= 15 is 0 Å². The lowest BCUT2D eigenvalue weighted by Crippen LogP contribution is -2.36. The molecule has 3 aromatic rings. The number of hydrogen-bond acceptors (Lipinski definition) is 1.